The Morgan fingerprint density at radius 2 is 1.95 bits per heavy atom. The van der Waals surface area contributed by atoms with Gasteiger partial charge in [0.25, 0.3) is 0 Å². The molecule has 1 atom stereocenters. The smallest absolute Gasteiger partial charge is 0.239 e. The standard InChI is InChI=1S/C16H24N2O/c1-13(17)16(19)18-11-9-15(10-12-18)8-7-14-5-3-2-4-6-14/h2-6,13,15H,7-12,17H2,1H3. The lowest BCUT2D eigenvalue weighted by molar-refractivity contribution is -0.133. The number of carbonyl (C=O) groups is 1. The number of likely N-dealkylation sites (tertiary alicyclic amines) is 1. The lowest BCUT2D eigenvalue weighted by Gasteiger charge is -2.33. The summed E-state index contributed by atoms with van der Waals surface area (Å²) in [5.74, 6) is 0.846. The number of carbonyl (C=O) groups excluding carboxylic acids is 1. The third-order valence-corrected chi connectivity index (χ3v) is 4.00. The molecule has 0 spiro atoms. The molecule has 0 saturated carbocycles. The lowest BCUT2D eigenvalue weighted by Crippen LogP contribution is -2.45. The second kappa shape index (κ2) is 6.71. The Morgan fingerprint density at radius 1 is 1.32 bits per heavy atom. The van der Waals surface area contributed by atoms with Gasteiger partial charge in [0.15, 0.2) is 0 Å². The summed E-state index contributed by atoms with van der Waals surface area (Å²) in [5.41, 5.74) is 7.06. The van der Waals surface area contributed by atoms with Crippen molar-refractivity contribution in [3.8, 4) is 0 Å². The minimum atomic E-state index is -0.360. The van der Waals surface area contributed by atoms with E-state index in [9.17, 15) is 4.79 Å². The Kier molecular flexibility index (Phi) is 4.97. The number of hydrogen-bond acceptors (Lipinski definition) is 2. The molecule has 0 aliphatic carbocycles. The van der Waals surface area contributed by atoms with E-state index in [0.717, 1.165) is 38.3 Å². The molecule has 3 nitrogen and oxygen atoms in total. The number of aryl methyl sites for hydroxylation is 1. The summed E-state index contributed by atoms with van der Waals surface area (Å²) in [6, 6.07) is 10.3. The van der Waals surface area contributed by atoms with Gasteiger partial charge >= 0.3 is 0 Å². The molecule has 1 unspecified atom stereocenters. The van der Waals surface area contributed by atoms with E-state index in [0.29, 0.717) is 0 Å². The molecular formula is C16H24N2O. The van der Waals surface area contributed by atoms with Crippen LogP contribution in [0.15, 0.2) is 30.3 Å². The number of nitrogens with two attached hydrogens (primary N) is 1. The quantitative estimate of drug-likeness (QED) is 0.902. The van der Waals surface area contributed by atoms with Crippen LogP contribution in [0.1, 0.15) is 31.7 Å². The lowest BCUT2D eigenvalue weighted by atomic mass is 9.90. The van der Waals surface area contributed by atoms with Gasteiger partial charge in [0.2, 0.25) is 5.91 Å². The van der Waals surface area contributed by atoms with Crippen molar-refractivity contribution in [3.63, 3.8) is 0 Å². The number of rotatable bonds is 4. The Morgan fingerprint density at radius 3 is 2.53 bits per heavy atom. The maximum absolute atomic E-state index is 11.8. The molecule has 1 fully saturated rings. The summed E-state index contributed by atoms with van der Waals surface area (Å²) < 4.78 is 0. The van der Waals surface area contributed by atoms with Crippen LogP contribution in [-0.2, 0) is 11.2 Å². The molecule has 1 heterocycles. The summed E-state index contributed by atoms with van der Waals surface area (Å²) in [6.07, 6.45) is 4.60. The molecule has 3 heteroatoms. The van der Waals surface area contributed by atoms with Crippen molar-refractivity contribution in [1.82, 2.24) is 4.90 Å². The van der Waals surface area contributed by atoms with E-state index in [-0.39, 0.29) is 11.9 Å². The molecule has 0 bridgehead atoms. The Balaban J connectivity index is 1.73. The number of piperidine rings is 1. The fourth-order valence-electron chi connectivity index (χ4n) is 2.75. The zero-order valence-electron chi connectivity index (χ0n) is 11.7. The SMILES string of the molecule is CC(N)C(=O)N1CCC(CCc2ccccc2)CC1. The Hall–Kier alpha value is -1.35. The minimum absolute atomic E-state index is 0.0986. The highest BCUT2D eigenvalue weighted by Gasteiger charge is 2.24. The van der Waals surface area contributed by atoms with Crippen molar-refractivity contribution in [2.45, 2.75) is 38.6 Å². The molecule has 19 heavy (non-hydrogen) atoms. The molecule has 2 N–H and O–H groups in total. The Labute approximate surface area is 115 Å². The predicted molar refractivity (Wildman–Crippen MR) is 77.7 cm³/mol. The molecule has 1 aliphatic heterocycles. The average molecular weight is 260 g/mol. The maximum Gasteiger partial charge on any atom is 0.239 e. The van der Waals surface area contributed by atoms with Crippen molar-refractivity contribution in [1.29, 1.82) is 0 Å². The summed E-state index contributed by atoms with van der Waals surface area (Å²) >= 11 is 0. The summed E-state index contributed by atoms with van der Waals surface area (Å²) in [5, 5.41) is 0. The van der Waals surface area contributed by atoms with E-state index in [1.165, 1.54) is 12.0 Å². The largest absolute Gasteiger partial charge is 0.341 e. The van der Waals surface area contributed by atoms with Gasteiger partial charge in [0.1, 0.15) is 0 Å². The first-order valence-electron chi connectivity index (χ1n) is 7.25. The molecular weight excluding hydrogens is 236 g/mol. The molecule has 0 aromatic heterocycles. The van der Waals surface area contributed by atoms with Crippen LogP contribution in [0.25, 0.3) is 0 Å². The van der Waals surface area contributed by atoms with E-state index in [4.69, 9.17) is 5.73 Å². The molecule has 0 radical (unpaired) electrons. The second-order valence-corrected chi connectivity index (χ2v) is 5.58. The number of amides is 1. The molecule has 1 aromatic rings. The second-order valence-electron chi connectivity index (χ2n) is 5.58. The van der Waals surface area contributed by atoms with Crippen LogP contribution in [-0.4, -0.2) is 29.9 Å². The zero-order chi connectivity index (χ0) is 13.7. The zero-order valence-corrected chi connectivity index (χ0v) is 11.7. The summed E-state index contributed by atoms with van der Waals surface area (Å²) in [6.45, 7) is 3.52. The maximum atomic E-state index is 11.8. The summed E-state index contributed by atoms with van der Waals surface area (Å²) in [7, 11) is 0. The van der Waals surface area contributed by atoms with Crippen LogP contribution in [0.2, 0.25) is 0 Å². The van der Waals surface area contributed by atoms with Crippen LogP contribution >= 0.6 is 0 Å². The van der Waals surface area contributed by atoms with Crippen molar-refractivity contribution in [3.05, 3.63) is 35.9 Å². The average Bonchev–Trinajstić information content (AvgIpc) is 2.46. The van der Waals surface area contributed by atoms with Crippen molar-refractivity contribution < 1.29 is 4.79 Å². The predicted octanol–water partition coefficient (Wildman–Crippen LogP) is 2.21. The fraction of sp³-hybridized carbons (Fsp3) is 0.562. The third kappa shape index (κ3) is 4.06. The Bertz CT molecular complexity index is 394. The van der Waals surface area contributed by atoms with E-state index in [1.54, 1.807) is 6.92 Å². The van der Waals surface area contributed by atoms with Gasteiger partial charge in [0.05, 0.1) is 6.04 Å². The molecule has 1 aliphatic rings. The van der Waals surface area contributed by atoms with Gasteiger partial charge < -0.3 is 10.6 Å². The van der Waals surface area contributed by atoms with Gasteiger partial charge in [-0.05, 0) is 44.1 Å². The van der Waals surface area contributed by atoms with Gasteiger partial charge in [-0.25, -0.2) is 0 Å². The van der Waals surface area contributed by atoms with Crippen molar-refractivity contribution in [2.24, 2.45) is 11.7 Å². The first-order chi connectivity index (χ1) is 9.16. The van der Waals surface area contributed by atoms with Crippen LogP contribution in [0.4, 0.5) is 0 Å². The number of hydrogen-bond donors (Lipinski definition) is 1. The first-order valence-corrected chi connectivity index (χ1v) is 7.25. The van der Waals surface area contributed by atoms with E-state index < -0.39 is 0 Å². The van der Waals surface area contributed by atoms with Crippen LogP contribution < -0.4 is 5.73 Å². The van der Waals surface area contributed by atoms with Gasteiger partial charge in [-0.2, -0.15) is 0 Å². The van der Waals surface area contributed by atoms with E-state index in [2.05, 4.69) is 30.3 Å². The highest BCUT2D eigenvalue weighted by molar-refractivity contribution is 5.81. The van der Waals surface area contributed by atoms with Crippen LogP contribution in [0, 0.1) is 5.92 Å². The summed E-state index contributed by atoms with van der Waals surface area (Å²) in [4.78, 5) is 13.7. The normalized spacial score (nSPS) is 18.3. The molecule has 104 valence electrons. The minimum Gasteiger partial charge on any atom is -0.341 e. The third-order valence-electron chi connectivity index (χ3n) is 4.00. The topological polar surface area (TPSA) is 46.3 Å². The molecule has 1 saturated heterocycles. The molecule has 1 amide bonds. The highest BCUT2D eigenvalue weighted by Crippen LogP contribution is 2.22. The van der Waals surface area contributed by atoms with Crippen molar-refractivity contribution in [2.75, 3.05) is 13.1 Å². The molecule has 2 rings (SSSR count). The van der Waals surface area contributed by atoms with Gasteiger partial charge in [-0.1, -0.05) is 30.3 Å². The number of nitrogens with zero attached hydrogens (tertiary/aromatic N) is 1. The van der Waals surface area contributed by atoms with Gasteiger partial charge in [-0.15, -0.1) is 0 Å². The van der Waals surface area contributed by atoms with E-state index >= 15 is 0 Å². The van der Waals surface area contributed by atoms with Gasteiger partial charge in [0, 0.05) is 13.1 Å². The first kappa shape index (κ1) is 14.1. The monoisotopic (exact) mass is 260 g/mol. The van der Waals surface area contributed by atoms with Gasteiger partial charge in [-0.3, -0.25) is 4.79 Å². The number of benzene rings is 1. The fourth-order valence-corrected chi connectivity index (χ4v) is 2.75. The van der Waals surface area contributed by atoms with Crippen LogP contribution in [0.3, 0.4) is 0 Å². The van der Waals surface area contributed by atoms with Crippen LogP contribution in [0.5, 0.6) is 0 Å². The van der Waals surface area contributed by atoms with E-state index in [1.807, 2.05) is 4.90 Å². The molecule has 1 aromatic carbocycles. The van der Waals surface area contributed by atoms with Crippen molar-refractivity contribution >= 4 is 5.91 Å². The highest BCUT2D eigenvalue weighted by atomic mass is 16.2.